The van der Waals surface area contributed by atoms with E-state index in [1.54, 1.807) is 19.4 Å². The second kappa shape index (κ2) is 7.00. The summed E-state index contributed by atoms with van der Waals surface area (Å²) in [5.41, 5.74) is 1.25. The normalized spacial score (nSPS) is 18.0. The Balaban J connectivity index is 1.27. The minimum atomic E-state index is -0.0224. The molecular formula is C22H26N4O2. The van der Waals surface area contributed by atoms with Crippen molar-refractivity contribution in [3.05, 3.63) is 53.2 Å². The van der Waals surface area contributed by atoms with Gasteiger partial charge in [-0.15, -0.1) is 0 Å². The zero-order valence-electron chi connectivity index (χ0n) is 16.3. The van der Waals surface area contributed by atoms with Crippen LogP contribution in [0.15, 0.2) is 47.7 Å². The largest absolute Gasteiger partial charge is 0.490 e. The summed E-state index contributed by atoms with van der Waals surface area (Å²) in [6.45, 7) is 2.82. The molecule has 0 spiro atoms. The van der Waals surface area contributed by atoms with Gasteiger partial charge in [-0.2, -0.15) is 0 Å². The lowest BCUT2D eigenvalue weighted by Gasteiger charge is -2.33. The average molecular weight is 378 g/mol. The fourth-order valence-electron chi connectivity index (χ4n) is 4.04. The zero-order chi connectivity index (χ0) is 19.1. The molecule has 3 heterocycles. The summed E-state index contributed by atoms with van der Waals surface area (Å²) in [4.78, 5) is 18.4. The van der Waals surface area contributed by atoms with E-state index in [9.17, 15) is 4.79 Å². The van der Waals surface area contributed by atoms with Crippen molar-refractivity contribution in [2.45, 2.75) is 38.3 Å². The van der Waals surface area contributed by atoms with Crippen molar-refractivity contribution in [1.82, 2.24) is 14.1 Å². The number of hydrogen-bond acceptors (Lipinski definition) is 4. The van der Waals surface area contributed by atoms with Crippen LogP contribution in [0, 0.1) is 5.92 Å². The van der Waals surface area contributed by atoms with E-state index in [2.05, 4.69) is 44.9 Å². The molecular weight excluding hydrogens is 352 g/mol. The maximum Gasteiger partial charge on any atom is 0.255 e. The number of aryl methyl sites for hydroxylation is 1. The lowest BCUT2D eigenvalue weighted by Crippen LogP contribution is -2.39. The molecule has 6 heteroatoms. The second-order valence-electron chi connectivity index (χ2n) is 8.10. The Hall–Kier alpha value is -2.76. The number of piperidine rings is 1. The van der Waals surface area contributed by atoms with Crippen molar-refractivity contribution >= 4 is 16.7 Å². The first-order valence-electron chi connectivity index (χ1n) is 10.2. The van der Waals surface area contributed by atoms with E-state index >= 15 is 0 Å². The molecule has 0 bridgehead atoms. The molecule has 2 fully saturated rings. The third-order valence-corrected chi connectivity index (χ3v) is 5.95. The summed E-state index contributed by atoms with van der Waals surface area (Å²) in [5.74, 6) is 2.60. The molecule has 5 rings (SSSR count). The molecule has 0 unspecified atom stereocenters. The molecule has 0 amide bonds. The first kappa shape index (κ1) is 17.3. The fourth-order valence-corrected chi connectivity index (χ4v) is 4.04. The number of rotatable bonds is 5. The van der Waals surface area contributed by atoms with Crippen LogP contribution in [0.2, 0.25) is 0 Å². The van der Waals surface area contributed by atoms with Gasteiger partial charge in [-0.25, -0.2) is 4.98 Å². The Labute approximate surface area is 164 Å². The Morgan fingerprint density at radius 2 is 1.96 bits per heavy atom. The van der Waals surface area contributed by atoms with Crippen LogP contribution in [-0.4, -0.2) is 33.3 Å². The predicted octanol–water partition coefficient (Wildman–Crippen LogP) is 3.19. The van der Waals surface area contributed by atoms with Gasteiger partial charge < -0.3 is 18.8 Å². The Morgan fingerprint density at radius 1 is 1.14 bits per heavy atom. The van der Waals surface area contributed by atoms with Crippen molar-refractivity contribution < 1.29 is 4.74 Å². The van der Waals surface area contributed by atoms with E-state index in [1.165, 1.54) is 28.3 Å². The van der Waals surface area contributed by atoms with Crippen LogP contribution >= 0.6 is 0 Å². The topological polar surface area (TPSA) is 52.3 Å². The van der Waals surface area contributed by atoms with Gasteiger partial charge in [0.1, 0.15) is 17.7 Å². The van der Waals surface area contributed by atoms with Gasteiger partial charge in [0.2, 0.25) is 0 Å². The summed E-state index contributed by atoms with van der Waals surface area (Å²) in [6.07, 6.45) is 8.55. The van der Waals surface area contributed by atoms with Crippen molar-refractivity contribution in [2.75, 3.05) is 18.0 Å². The molecule has 1 saturated heterocycles. The predicted molar refractivity (Wildman–Crippen MR) is 110 cm³/mol. The van der Waals surface area contributed by atoms with Gasteiger partial charge in [0.05, 0.1) is 11.8 Å². The maximum atomic E-state index is 11.9. The van der Waals surface area contributed by atoms with Crippen molar-refractivity contribution in [1.29, 1.82) is 0 Å². The molecule has 1 aliphatic carbocycles. The smallest absolute Gasteiger partial charge is 0.255 e. The highest BCUT2D eigenvalue weighted by Gasteiger charge is 2.24. The lowest BCUT2D eigenvalue weighted by atomic mass is 10.1. The molecule has 2 aromatic heterocycles. The quantitative estimate of drug-likeness (QED) is 0.684. The molecule has 1 aliphatic heterocycles. The molecule has 6 nitrogen and oxygen atoms in total. The Kier molecular flexibility index (Phi) is 4.34. The highest BCUT2D eigenvalue weighted by Crippen LogP contribution is 2.34. The standard InChI is InChI=1S/C22H26N4O2/c1-24-15-23-21(13-22(24)27)25-10-7-17(8-11-25)28-20-4-2-3-19-18(20)9-12-26(19)14-16-5-6-16/h2-4,9,12-13,15-17H,5-8,10-11,14H2,1H3. The zero-order valence-corrected chi connectivity index (χ0v) is 16.3. The Bertz CT molecular complexity index is 1040. The minimum absolute atomic E-state index is 0.0224. The van der Waals surface area contributed by atoms with Gasteiger partial charge in [-0.3, -0.25) is 4.79 Å². The molecule has 0 radical (unpaired) electrons. The van der Waals surface area contributed by atoms with Gasteiger partial charge in [-0.05, 0) is 37.0 Å². The SMILES string of the molecule is Cn1cnc(N2CCC(Oc3cccc4c3ccn4CC3CC3)CC2)cc1=O. The van der Waals surface area contributed by atoms with Crippen LogP contribution in [0.25, 0.3) is 10.9 Å². The van der Waals surface area contributed by atoms with Crippen LogP contribution in [0.5, 0.6) is 5.75 Å². The molecule has 0 N–H and O–H groups in total. The number of anilines is 1. The summed E-state index contributed by atoms with van der Waals surface area (Å²) < 4.78 is 10.3. The van der Waals surface area contributed by atoms with Crippen molar-refractivity contribution in [3.63, 3.8) is 0 Å². The van der Waals surface area contributed by atoms with Gasteiger partial charge in [-0.1, -0.05) is 6.07 Å². The molecule has 2 aliphatic rings. The Morgan fingerprint density at radius 3 is 2.71 bits per heavy atom. The van der Waals surface area contributed by atoms with Gasteiger partial charge in [0, 0.05) is 57.2 Å². The first-order valence-corrected chi connectivity index (χ1v) is 10.2. The number of nitrogens with zero attached hydrogens (tertiary/aromatic N) is 4. The van der Waals surface area contributed by atoms with Crippen LogP contribution in [0.4, 0.5) is 5.82 Å². The highest BCUT2D eigenvalue weighted by molar-refractivity contribution is 5.86. The molecule has 0 atom stereocenters. The summed E-state index contributed by atoms with van der Waals surface area (Å²) >= 11 is 0. The molecule has 146 valence electrons. The van der Waals surface area contributed by atoms with E-state index in [0.717, 1.165) is 50.0 Å². The van der Waals surface area contributed by atoms with Crippen LogP contribution < -0.4 is 15.2 Å². The summed E-state index contributed by atoms with van der Waals surface area (Å²) in [5, 5.41) is 1.21. The maximum absolute atomic E-state index is 11.9. The average Bonchev–Trinajstić information content (AvgIpc) is 3.43. The summed E-state index contributed by atoms with van der Waals surface area (Å²) in [6, 6.07) is 10.2. The van der Waals surface area contributed by atoms with E-state index < -0.39 is 0 Å². The second-order valence-corrected chi connectivity index (χ2v) is 8.10. The van der Waals surface area contributed by atoms with Crippen molar-refractivity contribution in [3.8, 4) is 5.75 Å². The van der Waals surface area contributed by atoms with Gasteiger partial charge in [0.15, 0.2) is 0 Å². The fraction of sp³-hybridized carbons (Fsp3) is 0.455. The van der Waals surface area contributed by atoms with Crippen LogP contribution in [-0.2, 0) is 13.6 Å². The summed E-state index contributed by atoms with van der Waals surface area (Å²) in [7, 11) is 1.72. The molecule has 3 aromatic rings. The van der Waals surface area contributed by atoms with Gasteiger partial charge in [0.25, 0.3) is 5.56 Å². The van der Waals surface area contributed by atoms with E-state index in [1.807, 2.05) is 0 Å². The minimum Gasteiger partial charge on any atom is -0.490 e. The number of fused-ring (bicyclic) bond motifs is 1. The third-order valence-electron chi connectivity index (χ3n) is 5.95. The first-order chi connectivity index (χ1) is 13.7. The van der Waals surface area contributed by atoms with E-state index in [4.69, 9.17) is 4.74 Å². The molecule has 28 heavy (non-hydrogen) atoms. The number of aromatic nitrogens is 3. The van der Waals surface area contributed by atoms with Crippen molar-refractivity contribution in [2.24, 2.45) is 13.0 Å². The van der Waals surface area contributed by atoms with E-state index in [0.29, 0.717) is 0 Å². The number of benzene rings is 1. The van der Waals surface area contributed by atoms with Gasteiger partial charge >= 0.3 is 0 Å². The molecule has 1 saturated carbocycles. The van der Waals surface area contributed by atoms with Crippen LogP contribution in [0.1, 0.15) is 25.7 Å². The monoisotopic (exact) mass is 378 g/mol. The number of ether oxygens (including phenoxy) is 1. The van der Waals surface area contributed by atoms with Crippen LogP contribution in [0.3, 0.4) is 0 Å². The third kappa shape index (κ3) is 3.39. The molecule has 1 aromatic carbocycles. The van der Waals surface area contributed by atoms with E-state index in [-0.39, 0.29) is 11.7 Å². The highest BCUT2D eigenvalue weighted by atomic mass is 16.5. The lowest BCUT2D eigenvalue weighted by molar-refractivity contribution is 0.173. The number of hydrogen-bond donors (Lipinski definition) is 0.